The molecule has 1 aromatic carbocycles. The number of rotatable bonds is 4. The van der Waals surface area contributed by atoms with Crippen molar-refractivity contribution in [2.75, 3.05) is 13.7 Å². The van der Waals surface area contributed by atoms with Crippen LogP contribution in [0.5, 0.6) is 0 Å². The van der Waals surface area contributed by atoms with Crippen molar-refractivity contribution in [1.82, 2.24) is 4.90 Å². The van der Waals surface area contributed by atoms with Crippen LogP contribution in [0.25, 0.3) is 0 Å². The van der Waals surface area contributed by atoms with Gasteiger partial charge < -0.3 is 14.4 Å². The van der Waals surface area contributed by atoms with Crippen molar-refractivity contribution in [3.05, 3.63) is 47.0 Å². The maximum Gasteiger partial charge on any atom is 0.329 e. The van der Waals surface area contributed by atoms with E-state index >= 15 is 0 Å². The Kier molecular flexibility index (Phi) is 6.65. The zero-order valence-electron chi connectivity index (χ0n) is 17.4. The summed E-state index contributed by atoms with van der Waals surface area (Å²) in [5.74, 6) is -1.67. The van der Waals surface area contributed by atoms with E-state index in [1.165, 1.54) is 12.0 Å². The van der Waals surface area contributed by atoms with E-state index in [1.807, 2.05) is 19.9 Å². The lowest BCUT2D eigenvalue weighted by molar-refractivity contribution is -0.156. The van der Waals surface area contributed by atoms with Crippen LogP contribution in [-0.2, 0) is 19.1 Å². The van der Waals surface area contributed by atoms with Gasteiger partial charge in [0.1, 0.15) is 11.6 Å². The number of carbonyl (C=O) groups is 3. The second-order valence-electron chi connectivity index (χ2n) is 8.19. The maximum absolute atomic E-state index is 13.1. The molecule has 0 radical (unpaired) electrons. The van der Waals surface area contributed by atoms with Crippen LogP contribution in [0.1, 0.15) is 51.4 Å². The van der Waals surface area contributed by atoms with Gasteiger partial charge >= 0.3 is 11.9 Å². The Morgan fingerprint density at radius 3 is 2.21 bits per heavy atom. The first kappa shape index (κ1) is 21.7. The Labute approximate surface area is 166 Å². The monoisotopic (exact) mass is 387 g/mol. The predicted octanol–water partition coefficient (Wildman–Crippen LogP) is 3.37. The molecule has 6 heteroatoms. The summed E-state index contributed by atoms with van der Waals surface area (Å²) in [7, 11) is 1.29. The molecule has 1 heterocycles. The van der Waals surface area contributed by atoms with Crippen molar-refractivity contribution >= 4 is 17.8 Å². The number of carbonyl (C=O) groups excluding carboxylic acids is 3. The molecule has 152 valence electrons. The van der Waals surface area contributed by atoms with E-state index in [2.05, 4.69) is 0 Å². The summed E-state index contributed by atoms with van der Waals surface area (Å²) in [4.78, 5) is 39.7. The van der Waals surface area contributed by atoms with Crippen molar-refractivity contribution in [3.8, 4) is 0 Å². The Hall–Kier alpha value is -2.63. The summed E-state index contributed by atoms with van der Waals surface area (Å²) >= 11 is 0. The third-order valence-electron chi connectivity index (χ3n) is 4.68. The third kappa shape index (κ3) is 5.00. The lowest BCUT2D eigenvalue weighted by Crippen LogP contribution is -2.44. The molecule has 1 aliphatic heterocycles. The Morgan fingerprint density at radius 2 is 1.71 bits per heavy atom. The largest absolute Gasteiger partial charge is 0.467 e. The normalized spacial score (nSPS) is 19.4. The van der Waals surface area contributed by atoms with Crippen molar-refractivity contribution in [2.24, 2.45) is 5.92 Å². The molecular weight excluding hydrogens is 358 g/mol. The van der Waals surface area contributed by atoms with Crippen LogP contribution in [0.3, 0.4) is 0 Å². The first-order valence-electron chi connectivity index (χ1n) is 9.37. The highest BCUT2D eigenvalue weighted by molar-refractivity contribution is 5.98. The Morgan fingerprint density at radius 1 is 1.11 bits per heavy atom. The molecule has 0 aromatic heterocycles. The smallest absolute Gasteiger partial charge is 0.329 e. The van der Waals surface area contributed by atoms with Crippen molar-refractivity contribution < 1.29 is 23.9 Å². The fraction of sp³-hybridized carbons (Fsp3) is 0.500. The van der Waals surface area contributed by atoms with E-state index in [0.29, 0.717) is 5.56 Å². The number of hydrogen-bond acceptors (Lipinski definition) is 5. The molecule has 28 heavy (non-hydrogen) atoms. The molecule has 6 nitrogen and oxygen atoms in total. The van der Waals surface area contributed by atoms with E-state index in [9.17, 15) is 14.4 Å². The highest BCUT2D eigenvalue weighted by Gasteiger charge is 2.47. The highest BCUT2D eigenvalue weighted by Crippen LogP contribution is 2.36. The van der Waals surface area contributed by atoms with Crippen LogP contribution in [0, 0.1) is 5.92 Å². The third-order valence-corrected chi connectivity index (χ3v) is 4.68. The zero-order valence-corrected chi connectivity index (χ0v) is 17.4. The Bertz CT molecular complexity index is 772. The number of esters is 2. The predicted molar refractivity (Wildman–Crippen MR) is 106 cm³/mol. The molecule has 0 aliphatic carbocycles. The quantitative estimate of drug-likeness (QED) is 0.585. The minimum atomic E-state index is -0.866. The van der Waals surface area contributed by atoms with Crippen molar-refractivity contribution in [1.29, 1.82) is 0 Å². The lowest BCUT2D eigenvalue weighted by Gasteiger charge is -2.26. The molecule has 1 aromatic rings. The summed E-state index contributed by atoms with van der Waals surface area (Å²) in [5.41, 5.74) is 1.74. The van der Waals surface area contributed by atoms with Crippen LogP contribution in [0.15, 0.2) is 41.5 Å². The average Bonchev–Trinajstić information content (AvgIpc) is 2.98. The summed E-state index contributed by atoms with van der Waals surface area (Å²) < 4.78 is 10.4. The summed E-state index contributed by atoms with van der Waals surface area (Å²) in [5, 5.41) is 0. The molecule has 0 unspecified atom stereocenters. The fourth-order valence-electron chi connectivity index (χ4n) is 3.49. The lowest BCUT2D eigenvalue weighted by atomic mass is 9.89. The maximum atomic E-state index is 13.1. The van der Waals surface area contributed by atoms with Gasteiger partial charge in [0.15, 0.2) is 0 Å². The number of benzene rings is 1. The summed E-state index contributed by atoms with van der Waals surface area (Å²) in [6.45, 7) is 9.51. The molecular formula is C22H29NO5. The summed E-state index contributed by atoms with van der Waals surface area (Å²) in [6, 6.07) is 7.92. The standard InChI is InChI=1S/C22H29NO5/c1-14(2)17-13-23(20(25)15-10-8-7-9-11-15)19(21(26)27-6)16(17)12-18(24)28-22(3,4)5/h7-11,16,19H,12-13H2,1-6H3/t16-,19-/m0/s1. The number of likely N-dealkylation sites (tertiary alicyclic amines) is 1. The van der Waals surface area contributed by atoms with E-state index in [0.717, 1.165) is 11.1 Å². The van der Waals surface area contributed by atoms with Gasteiger partial charge in [-0.2, -0.15) is 0 Å². The molecule has 1 aliphatic rings. The SMILES string of the molecule is COC(=O)[C@@H]1[C@@H](CC(=O)OC(C)(C)C)C(=C(C)C)CN1C(=O)c1ccccc1. The number of ether oxygens (including phenoxy) is 2. The second-order valence-corrected chi connectivity index (χ2v) is 8.19. The summed E-state index contributed by atoms with van der Waals surface area (Å²) in [6.07, 6.45) is 0.0100. The number of amides is 1. The van der Waals surface area contributed by atoms with Crippen LogP contribution in [0.2, 0.25) is 0 Å². The topological polar surface area (TPSA) is 72.9 Å². The molecule has 1 fully saturated rings. The minimum absolute atomic E-state index is 0.0100. The van der Waals surface area contributed by atoms with Gasteiger partial charge in [-0.15, -0.1) is 0 Å². The number of hydrogen-bond donors (Lipinski definition) is 0. The van der Waals surface area contributed by atoms with Gasteiger partial charge in [0.2, 0.25) is 0 Å². The highest BCUT2D eigenvalue weighted by atomic mass is 16.6. The molecule has 0 spiro atoms. The van der Waals surface area contributed by atoms with Crippen LogP contribution in [0.4, 0.5) is 0 Å². The van der Waals surface area contributed by atoms with E-state index in [-0.39, 0.29) is 18.9 Å². The van der Waals surface area contributed by atoms with Gasteiger partial charge in [0, 0.05) is 18.0 Å². The van der Waals surface area contributed by atoms with Gasteiger partial charge in [-0.3, -0.25) is 9.59 Å². The number of allylic oxidation sites excluding steroid dienone is 1. The van der Waals surface area contributed by atoms with Crippen molar-refractivity contribution in [3.63, 3.8) is 0 Å². The molecule has 2 rings (SSSR count). The molecule has 1 saturated heterocycles. The van der Waals surface area contributed by atoms with Crippen LogP contribution < -0.4 is 0 Å². The van der Waals surface area contributed by atoms with Crippen molar-refractivity contribution in [2.45, 2.75) is 52.7 Å². The van der Waals surface area contributed by atoms with Gasteiger partial charge in [-0.05, 0) is 52.3 Å². The number of methoxy groups -OCH3 is 1. The zero-order chi connectivity index (χ0) is 21.1. The average molecular weight is 387 g/mol. The molecule has 0 bridgehead atoms. The van der Waals surface area contributed by atoms with Gasteiger partial charge in [0.05, 0.1) is 13.5 Å². The van der Waals surface area contributed by atoms with Crippen LogP contribution in [-0.4, -0.2) is 48.0 Å². The van der Waals surface area contributed by atoms with Gasteiger partial charge in [-0.25, -0.2) is 4.79 Å². The molecule has 0 N–H and O–H groups in total. The van der Waals surface area contributed by atoms with E-state index in [1.54, 1.807) is 45.0 Å². The first-order chi connectivity index (χ1) is 13.0. The second kappa shape index (κ2) is 8.59. The van der Waals surface area contributed by atoms with Crippen LogP contribution >= 0.6 is 0 Å². The Balaban J connectivity index is 2.40. The van der Waals surface area contributed by atoms with E-state index < -0.39 is 29.5 Å². The van der Waals surface area contributed by atoms with E-state index in [4.69, 9.17) is 9.47 Å². The molecule has 2 atom stereocenters. The molecule has 0 saturated carbocycles. The fourth-order valence-corrected chi connectivity index (χ4v) is 3.49. The minimum Gasteiger partial charge on any atom is -0.467 e. The van der Waals surface area contributed by atoms with Gasteiger partial charge in [0.25, 0.3) is 5.91 Å². The number of nitrogens with zero attached hydrogens (tertiary/aromatic N) is 1. The molecule has 1 amide bonds. The van der Waals surface area contributed by atoms with Gasteiger partial charge in [-0.1, -0.05) is 23.8 Å². The first-order valence-corrected chi connectivity index (χ1v) is 9.37.